The van der Waals surface area contributed by atoms with Gasteiger partial charge in [-0.05, 0) is 30.4 Å². The summed E-state index contributed by atoms with van der Waals surface area (Å²) in [6.07, 6.45) is 3.90. The van der Waals surface area contributed by atoms with Gasteiger partial charge in [-0.25, -0.2) is 9.97 Å². The highest BCUT2D eigenvalue weighted by molar-refractivity contribution is 5.92. The SMILES string of the molecule is O=C(NCC(O)CN1CCc2ccccc2C1)c1cc(NC2CC(N3CCOCC3)C2)ncn1. The fourth-order valence-corrected chi connectivity index (χ4v) is 5.09. The van der Waals surface area contributed by atoms with Crippen LogP contribution in [0.25, 0.3) is 0 Å². The topological polar surface area (TPSA) is 103 Å². The Morgan fingerprint density at radius 3 is 2.76 bits per heavy atom. The quantitative estimate of drug-likeness (QED) is 0.528. The normalized spacial score (nSPS) is 24.0. The Kier molecular flexibility index (Phi) is 7.34. The van der Waals surface area contributed by atoms with Gasteiger partial charge in [-0.2, -0.15) is 0 Å². The van der Waals surface area contributed by atoms with Crippen LogP contribution in [0.1, 0.15) is 34.5 Å². The van der Waals surface area contributed by atoms with E-state index in [-0.39, 0.29) is 12.5 Å². The van der Waals surface area contributed by atoms with Gasteiger partial charge >= 0.3 is 0 Å². The standard InChI is InChI=1S/C25H34N6O3/c32-22(16-30-6-5-18-3-1-2-4-19(18)15-30)14-26-25(33)23-13-24(28-17-27-23)29-20-11-21(12-20)31-7-9-34-10-8-31/h1-4,13,17,20-22,32H,5-12,14-16H2,(H,26,33)(H,27,28,29). The summed E-state index contributed by atoms with van der Waals surface area (Å²) in [4.78, 5) is 25.7. The maximum absolute atomic E-state index is 12.6. The molecule has 34 heavy (non-hydrogen) atoms. The number of rotatable bonds is 8. The van der Waals surface area contributed by atoms with E-state index in [4.69, 9.17) is 4.74 Å². The van der Waals surface area contributed by atoms with Crippen molar-refractivity contribution in [2.45, 2.75) is 44.0 Å². The first-order valence-electron chi connectivity index (χ1n) is 12.3. The average Bonchev–Trinajstić information content (AvgIpc) is 2.85. The van der Waals surface area contributed by atoms with Gasteiger partial charge in [0.2, 0.25) is 0 Å². The number of carbonyl (C=O) groups excluding carboxylic acids is 1. The molecule has 2 aromatic rings. The molecule has 0 radical (unpaired) electrons. The molecule has 9 nitrogen and oxygen atoms in total. The van der Waals surface area contributed by atoms with Crippen LogP contribution in [-0.2, 0) is 17.7 Å². The number of carbonyl (C=O) groups is 1. The van der Waals surface area contributed by atoms with E-state index in [9.17, 15) is 9.90 Å². The predicted molar refractivity (Wildman–Crippen MR) is 129 cm³/mol. The van der Waals surface area contributed by atoms with Crippen LogP contribution in [0, 0.1) is 0 Å². The van der Waals surface area contributed by atoms with Gasteiger partial charge in [0, 0.05) is 57.4 Å². The molecule has 0 spiro atoms. The fourth-order valence-electron chi connectivity index (χ4n) is 5.09. The third-order valence-electron chi connectivity index (χ3n) is 7.10. The zero-order chi connectivity index (χ0) is 23.3. The van der Waals surface area contributed by atoms with Gasteiger partial charge in [0.25, 0.3) is 5.91 Å². The minimum Gasteiger partial charge on any atom is -0.390 e. The molecule has 5 rings (SSSR count). The number of nitrogens with zero attached hydrogens (tertiary/aromatic N) is 4. The van der Waals surface area contributed by atoms with Gasteiger partial charge in [0.1, 0.15) is 17.8 Å². The van der Waals surface area contributed by atoms with E-state index < -0.39 is 6.10 Å². The van der Waals surface area contributed by atoms with Gasteiger partial charge in [0.05, 0.1) is 19.3 Å². The van der Waals surface area contributed by atoms with Gasteiger partial charge in [-0.15, -0.1) is 0 Å². The number of aliphatic hydroxyl groups is 1. The van der Waals surface area contributed by atoms with Crippen LogP contribution in [0.5, 0.6) is 0 Å². The van der Waals surface area contributed by atoms with E-state index >= 15 is 0 Å². The minimum atomic E-state index is -0.638. The highest BCUT2D eigenvalue weighted by atomic mass is 16.5. The summed E-state index contributed by atoms with van der Waals surface area (Å²) >= 11 is 0. The molecule has 1 atom stereocenters. The van der Waals surface area contributed by atoms with Gasteiger partial charge in [0.15, 0.2) is 0 Å². The molecule has 9 heteroatoms. The molecule has 1 saturated carbocycles. The molecule has 2 aliphatic heterocycles. The number of nitrogens with one attached hydrogen (secondary N) is 2. The zero-order valence-corrected chi connectivity index (χ0v) is 19.5. The molecule has 2 fully saturated rings. The number of amides is 1. The Hall–Kier alpha value is -2.59. The number of hydrogen-bond donors (Lipinski definition) is 3. The van der Waals surface area contributed by atoms with Crippen molar-refractivity contribution >= 4 is 11.7 Å². The van der Waals surface area contributed by atoms with E-state index in [1.165, 1.54) is 17.5 Å². The lowest BCUT2D eigenvalue weighted by Crippen LogP contribution is -2.53. The third kappa shape index (κ3) is 5.72. The minimum absolute atomic E-state index is 0.188. The highest BCUT2D eigenvalue weighted by Gasteiger charge is 2.34. The van der Waals surface area contributed by atoms with E-state index in [0.29, 0.717) is 30.1 Å². The molecule has 1 amide bonds. The van der Waals surface area contributed by atoms with E-state index in [1.54, 1.807) is 6.07 Å². The molecular weight excluding hydrogens is 432 g/mol. The number of morpholine rings is 1. The summed E-state index contributed by atoms with van der Waals surface area (Å²) in [6, 6.07) is 11.1. The average molecular weight is 467 g/mol. The van der Waals surface area contributed by atoms with Gasteiger partial charge in [-0.3, -0.25) is 14.6 Å². The number of aromatic nitrogens is 2. The molecule has 3 aliphatic rings. The highest BCUT2D eigenvalue weighted by Crippen LogP contribution is 2.28. The number of hydrogen-bond acceptors (Lipinski definition) is 8. The number of ether oxygens (including phenoxy) is 1. The maximum atomic E-state index is 12.6. The van der Waals surface area contributed by atoms with Crippen LogP contribution in [0.15, 0.2) is 36.7 Å². The lowest BCUT2D eigenvalue weighted by Gasteiger charge is -2.44. The van der Waals surface area contributed by atoms with Crippen LogP contribution in [-0.4, -0.2) is 94.9 Å². The molecule has 3 heterocycles. The first-order valence-corrected chi connectivity index (χ1v) is 12.3. The number of β-amino-alcohol motifs (C(OH)–C–C–N with tert-alkyl or cyclic N) is 1. The molecule has 0 bridgehead atoms. The summed E-state index contributed by atoms with van der Waals surface area (Å²) in [5.41, 5.74) is 3.00. The van der Waals surface area contributed by atoms with Gasteiger partial charge in [-0.1, -0.05) is 24.3 Å². The predicted octanol–water partition coefficient (Wildman–Crippen LogP) is 0.901. The monoisotopic (exact) mass is 466 g/mol. The molecule has 1 unspecified atom stereocenters. The number of benzene rings is 1. The first kappa shape index (κ1) is 23.2. The van der Waals surface area contributed by atoms with Crippen molar-refractivity contribution in [3.05, 3.63) is 53.5 Å². The maximum Gasteiger partial charge on any atom is 0.270 e. The fraction of sp³-hybridized carbons (Fsp3) is 0.560. The van der Waals surface area contributed by atoms with E-state index in [2.05, 4.69) is 54.7 Å². The molecule has 1 aromatic carbocycles. The lowest BCUT2D eigenvalue weighted by molar-refractivity contribution is -0.00439. The van der Waals surface area contributed by atoms with Crippen molar-refractivity contribution in [2.75, 3.05) is 51.3 Å². The number of anilines is 1. The Morgan fingerprint density at radius 1 is 1.15 bits per heavy atom. The second-order valence-corrected chi connectivity index (χ2v) is 9.52. The Morgan fingerprint density at radius 2 is 1.94 bits per heavy atom. The summed E-state index contributed by atoms with van der Waals surface area (Å²) < 4.78 is 5.43. The molecule has 1 aliphatic carbocycles. The Balaban J connectivity index is 1.05. The summed E-state index contributed by atoms with van der Waals surface area (Å²) in [6.45, 7) is 6.11. The molecule has 1 aromatic heterocycles. The largest absolute Gasteiger partial charge is 0.390 e. The molecule has 182 valence electrons. The Labute approximate surface area is 200 Å². The van der Waals surface area contributed by atoms with Crippen molar-refractivity contribution < 1.29 is 14.6 Å². The summed E-state index contributed by atoms with van der Waals surface area (Å²) in [5, 5.41) is 16.7. The van der Waals surface area contributed by atoms with Crippen LogP contribution >= 0.6 is 0 Å². The second kappa shape index (κ2) is 10.8. The van der Waals surface area contributed by atoms with Crippen molar-refractivity contribution in [1.29, 1.82) is 0 Å². The van der Waals surface area contributed by atoms with E-state index in [0.717, 1.165) is 58.7 Å². The molecule has 1 saturated heterocycles. The Bertz CT molecular complexity index is 977. The summed E-state index contributed by atoms with van der Waals surface area (Å²) in [7, 11) is 0. The second-order valence-electron chi connectivity index (χ2n) is 9.52. The van der Waals surface area contributed by atoms with Gasteiger partial charge < -0.3 is 20.5 Å². The van der Waals surface area contributed by atoms with Crippen LogP contribution < -0.4 is 10.6 Å². The van der Waals surface area contributed by atoms with Crippen molar-refractivity contribution in [3.8, 4) is 0 Å². The summed E-state index contributed by atoms with van der Waals surface area (Å²) in [5.74, 6) is 0.367. The van der Waals surface area contributed by atoms with Crippen molar-refractivity contribution in [3.63, 3.8) is 0 Å². The smallest absolute Gasteiger partial charge is 0.270 e. The van der Waals surface area contributed by atoms with Crippen molar-refractivity contribution in [1.82, 2.24) is 25.1 Å². The number of fused-ring (bicyclic) bond motifs is 1. The zero-order valence-electron chi connectivity index (χ0n) is 19.5. The molecular formula is C25H34N6O3. The third-order valence-corrected chi connectivity index (χ3v) is 7.10. The lowest BCUT2D eigenvalue weighted by atomic mass is 9.85. The van der Waals surface area contributed by atoms with E-state index in [1.807, 2.05) is 0 Å². The number of aliphatic hydroxyl groups excluding tert-OH is 1. The molecule has 3 N–H and O–H groups in total. The van der Waals surface area contributed by atoms with Crippen LogP contribution in [0.3, 0.4) is 0 Å². The van der Waals surface area contributed by atoms with Crippen LogP contribution in [0.2, 0.25) is 0 Å². The van der Waals surface area contributed by atoms with Crippen LogP contribution in [0.4, 0.5) is 5.82 Å². The van der Waals surface area contributed by atoms with Crippen molar-refractivity contribution in [2.24, 2.45) is 0 Å². The first-order chi connectivity index (χ1) is 16.6.